The van der Waals surface area contributed by atoms with E-state index >= 15 is 0 Å². The normalized spacial score (nSPS) is 15.1. The standard InChI is InChI=1S/C33H28Br2N2O3S/c1-22-8-14-27(15-9-22)36-33-37(17-16-23-6-4-3-5-7-23)32(38)30(41-33)20-25-18-28(35)31(29(19-25)39-2)40-21-24-10-12-26(34)13-11-24/h3-15,18-20H,16-17,21H2,1-2H3/b30-20+,36-33?. The van der Waals surface area contributed by atoms with Gasteiger partial charge in [0.1, 0.15) is 6.61 Å². The maximum Gasteiger partial charge on any atom is 0.266 e. The predicted molar refractivity (Wildman–Crippen MR) is 175 cm³/mol. The van der Waals surface area contributed by atoms with E-state index < -0.39 is 0 Å². The average molecular weight is 692 g/mol. The summed E-state index contributed by atoms with van der Waals surface area (Å²) in [6, 6.07) is 30.0. The molecule has 41 heavy (non-hydrogen) atoms. The second-order valence-electron chi connectivity index (χ2n) is 9.48. The highest BCUT2D eigenvalue weighted by molar-refractivity contribution is 9.10. The lowest BCUT2D eigenvalue weighted by Crippen LogP contribution is -2.31. The van der Waals surface area contributed by atoms with Crippen LogP contribution in [-0.2, 0) is 17.8 Å². The molecule has 0 atom stereocenters. The minimum atomic E-state index is -0.0672. The first-order valence-corrected chi connectivity index (χ1v) is 15.5. The van der Waals surface area contributed by atoms with Crippen molar-refractivity contribution in [3.8, 4) is 11.5 Å². The minimum Gasteiger partial charge on any atom is -0.493 e. The Morgan fingerprint density at radius 3 is 2.37 bits per heavy atom. The van der Waals surface area contributed by atoms with Gasteiger partial charge in [0.25, 0.3) is 5.91 Å². The van der Waals surface area contributed by atoms with Gasteiger partial charge < -0.3 is 9.47 Å². The predicted octanol–water partition coefficient (Wildman–Crippen LogP) is 8.95. The number of carbonyl (C=O) groups is 1. The molecule has 1 fully saturated rings. The summed E-state index contributed by atoms with van der Waals surface area (Å²) in [5, 5.41) is 0.668. The average Bonchev–Trinajstić information content (AvgIpc) is 3.26. The van der Waals surface area contributed by atoms with Crippen LogP contribution in [0.25, 0.3) is 6.08 Å². The summed E-state index contributed by atoms with van der Waals surface area (Å²) < 4.78 is 13.5. The number of amidine groups is 1. The third-order valence-corrected chi connectivity index (χ3v) is 8.58. The Hall–Kier alpha value is -3.33. The Bertz CT molecular complexity index is 1590. The lowest BCUT2D eigenvalue weighted by atomic mass is 10.1. The number of ether oxygens (including phenoxy) is 2. The summed E-state index contributed by atoms with van der Waals surface area (Å²) in [5.74, 6) is 1.12. The minimum absolute atomic E-state index is 0.0672. The highest BCUT2D eigenvalue weighted by atomic mass is 79.9. The van der Waals surface area contributed by atoms with Gasteiger partial charge >= 0.3 is 0 Å². The number of aliphatic imine (C=N–C) groups is 1. The molecule has 1 aliphatic heterocycles. The van der Waals surface area contributed by atoms with Gasteiger partial charge in [0.2, 0.25) is 0 Å². The lowest BCUT2D eigenvalue weighted by Gasteiger charge is -2.15. The van der Waals surface area contributed by atoms with E-state index in [1.165, 1.54) is 17.3 Å². The van der Waals surface area contributed by atoms with Gasteiger partial charge in [0, 0.05) is 11.0 Å². The van der Waals surface area contributed by atoms with Gasteiger partial charge in [0.15, 0.2) is 16.7 Å². The van der Waals surface area contributed by atoms with E-state index in [2.05, 4.69) is 44.0 Å². The topological polar surface area (TPSA) is 51.1 Å². The van der Waals surface area contributed by atoms with Crippen LogP contribution in [0.2, 0.25) is 0 Å². The van der Waals surface area contributed by atoms with E-state index in [0.29, 0.717) is 34.7 Å². The number of nitrogens with zero attached hydrogens (tertiary/aromatic N) is 2. The summed E-state index contributed by atoms with van der Waals surface area (Å²) in [4.78, 5) is 20.9. The summed E-state index contributed by atoms with van der Waals surface area (Å²) in [6.07, 6.45) is 2.61. The number of carbonyl (C=O) groups excluding carboxylic acids is 1. The molecule has 4 aromatic carbocycles. The number of thioether (sulfide) groups is 1. The Kier molecular flexibility index (Phi) is 9.64. The van der Waals surface area contributed by atoms with Crippen LogP contribution in [0.4, 0.5) is 5.69 Å². The van der Waals surface area contributed by atoms with Gasteiger partial charge in [-0.05, 0) is 100 Å². The lowest BCUT2D eigenvalue weighted by molar-refractivity contribution is -0.122. The molecule has 0 saturated carbocycles. The number of halogens is 2. The maximum absolute atomic E-state index is 13.7. The molecule has 5 nitrogen and oxygen atoms in total. The van der Waals surface area contributed by atoms with Crippen molar-refractivity contribution in [1.82, 2.24) is 4.90 Å². The summed E-state index contributed by atoms with van der Waals surface area (Å²) in [5.41, 5.74) is 5.00. The number of methoxy groups -OCH3 is 1. The van der Waals surface area contributed by atoms with Crippen LogP contribution in [0, 0.1) is 6.92 Å². The van der Waals surface area contributed by atoms with Crippen LogP contribution in [0.1, 0.15) is 22.3 Å². The van der Waals surface area contributed by atoms with Gasteiger partial charge in [-0.1, -0.05) is 76.1 Å². The Labute approximate surface area is 261 Å². The van der Waals surface area contributed by atoms with E-state index in [1.54, 1.807) is 12.0 Å². The molecule has 0 aliphatic carbocycles. The van der Waals surface area contributed by atoms with Gasteiger partial charge in [-0.3, -0.25) is 9.69 Å². The molecule has 208 valence electrons. The van der Waals surface area contributed by atoms with Crippen molar-refractivity contribution >= 4 is 66.5 Å². The fourth-order valence-electron chi connectivity index (χ4n) is 4.25. The molecule has 1 amide bonds. The quantitative estimate of drug-likeness (QED) is 0.165. The van der Waals surface area contributed by atoms with Crippen molar-refractivity contribution in [3.63, 3.8) is 0 Å². The Morgan fingerprint density at radius 1 is 0.927 bits per heavy atom. The number of hydrogen-bond donors (Lipinski definition) is 0. The van der Waals surface area contributed by atoms with Crippen LogP contribution in [0.15, 0.2) is 110 Å². The highest BCUT2D eigenvalue weighted by Crippen LogP contribution is 2.40. The number of aryl methyl sites for hydroxylation is 1. The molecule has 0 spiro atoms. The van der Waals surface area contributed by atoms with E-state index in [-0.39, 0.29) is 5.91 Å². The van der Waals surface area contributed by atoms with Gasteiger partial charge in [0.05, 0.1) is 22.2 Å². The van der Waals surface area contributed by atoms with E-state index in [9.17, 15) is 4.79 Å². The fraction of sp³-hybridized carbons (Fsp3) is 0.152. The third-order valence-electron chi connectivity index (χ3n) is 6.46. The van der Waals surface area contributed by atoms with Crippen molar-refractivity contribution in [2.75, 3.05) is 13.7 Å². The largest absolute Gasteiger partial charge is 0.493 e. The number of amides is 1. The summed E-state index contributed by atoms with van der Waals surface area (Å²) in [6.45, 7) is 2.97. The molecule has 5 rings (SSSR count). The number of hydrogen-bond acceptors (Lipinski definition) is 5. The SMILES string of the molecule is COc1cc(/C=C2/SC(=Nc3ccc(C)cc3)N(CCc3ccccc3)C2=O)cc(Br)c1OCc1ccc(Br)cc1. The molecule has 4 aromatic rings. The Balaban J connectivity index is 1.41. The molecule has 1 heterocycles. The van der Waals surface area contributed by atoms with Gasteiger partial charge in [-0.25, -0.2) is 4.99 Å². The smallest absolute Gasteiger partial charge is 0.266 e. The molecule has 0 bridgehead atoms. The fourth-order valence-corrected chi connectivity index (χ4v) is 6.12. The molecule has 0 N–H and O–H groups in total. The van der Waals surface area contributed by atoms with Crippen molar-refractivity contribution in [3.05, 3.63) is 127 Å². The molecule has 0 aromatic heterocycles. The zero-order valence-corrected chi connectivity index (χ0v) is 26.6. The van der Waals surface area contributed by atoms with Crippen LogP contribution >= 0.6 is 43.6 Å². The first-order valence-electron chi connectivity index (χ1n) is 13.0. The zero-order chi connectivity index (χ0) is 28.8. The van der Waals surface area contributed by atoms with Crippen molar-refractivity contribution < 1.29 is 14.3 Å². The molecule has 1 aliphatic rings. The van der Waals surface area contributed by atoms with E-state index in [0.717, 1.165) is 37.7 Å². The second-order valence-corrected chi connectivity index (χ2v) is 12.3. The van der Waals surface area contributed by atoms with Gasteiger partial charge in [-0.2, -0.15) is 0 Å². The number of rotatable bonds is 9. The molecular weight excluding hydrogens is 664 g/mol. The van der Waals surface area contributed by atoms with Crippen LogP contribution in [0.3, 0.4) is 0 Å². The van der Waals surface area contributed by atoms with Crippen molar-refractivity contribution in [1.29, 1.82) is 0 Å². The third kappa shape index (κ3) is 7.50. The first-order chi connectivity index (χ1) is 19.9. The molecule has 8 heteroatoms. The zero-order valence-electron chi connectivity index (χ0n) is 22.6. The molecule has 1 saturated heterocycles. The monoisotopic (exact) mass is 690 g/mol. The second kappa shape index (κ2) is 13.6. The highest BCUT2D eigenvalue weighted by Gasteiger charge is 2.33. The Morgan fingerprint density at radius 2 is 1.66 bits per heavy atom. The summed E-state index contributed by atoms with van der Waals surface area (Å²) in [7, 11) is 1.61. The molecule has 0 radical (unpaired) electrons. The van der Waals surface area contributed by atoms with Gasteiger partial charge in [-0.15, -0.1) is 0 Å². The van der Waals surface area contributed by atoms with E-state index in [4.69, 9.17) is 14.5 Å². The van der Waals surface area contributed by atoms with Crippen molar-refractivity contribution in [2.24, 2.45) is 4.99 Å². The van der Waals surface area contributed by atoms with Crippen LogP contribution in [-0.4, -0.2) is 29.6 Å². The number of benzene rings is 4. The molecular formula is C33H28Br2N2O3S. The van der Waals surface area contributed by atoms with Crippen LogP contribution < -0.4 is 9.47 Å². The maximum atomic E-state index is 13.7. The van der Waals surface area contributed by atoms with Crippen molar-refractivity contribution in [2.45, 2.75) is 20.0 Å². The summed E-state index contributed by atoms with van der Waals surface area (Å²) >= 11 is 8.49. The van der Waals surface area contributed by atoms with Crippen LogP contribution in [0.5, 0.6) is 11.5 Å². The van der Waals surface area contributed by atoms with E-state index in [1.807, 2.05) is 91.9 Å². The first kappa shape index (κ1) is 29.2. The molecule has 0 unspecified atom stereocenters.